The second kappa shape index (κ2) is 9.35. The molecule has 1 heterocycles. The number of rotatable bonds is 7. The molecule has 19 heavy (non-hydrogen) atoms. The quantitative estimate of drug-likeness (QED) is 0.771. The zero-order chi connectivity index (χ0) is 14.1. The molecule has 3 nitrogen and oxygen atoms in total. The fraction of sp³-hybridized carbons (Fsp3) is 0.938. The maximum Gasteiger partial charge on any atom is 0.222 e. The highest BCUT2D eigenvalue weighted by molar-refractivity contribution is 5.76. The molecule has 0 aliphatic carbocycles. The molecule has 0 aromatic carbocycles. The van der Waals surface area contributed by atoms with E-state index in [0.29, 0.717) is 11.8 Å². The van der Waals surface area contributed by atoms with E-state index in [4.69, 9.17) is 5.73 Å². The van der Waals surface area contributed by atoms with Crippen LogP contribution in [0.4, 0.5) is 0 Å². The zero-order valence-corrected chi connectivity index (χ0v) is 12.9. The summed E-state index contributed by atoms with van der Waals surface area (Å²) in [5.74, 6) is 1.83. The van der Waals surface area contributed by atoms with Crippen molar-refractivity contribution in [3.05, 3.63) is 0 Å². The lowest BCUT2D eigenvalue weighted by Gasteiger charge is -2.22. The Balaban J connectivity index is 2.32. The van der Waals surface area contributed by atoms with Crippen molar-refractivity contribution < 1.29 is 4.79 Å². The number of carbonyl (C=O) groups excluding carboxylic acids is 1. The Morgan fingerprint density at radius 3 is 2.68 bits per heavy atom. The third-order valence-corrected chi connectivity index (χ3v) is 4.70. The molecule has 0 saturated carbocycles. The second-order valence-electron chi connectivity index (χ2n) is 5.98. The molecule has 0 aromatic heterocycles. The van der Waals surface area contributed by atoms with Gasteiger partial charge in [-0.2, -0.15) is 0 Å². The van der Waals surface area contributed by atoms with Gasteiger partial charge in [-0.25, -0.2) is 0 Å². The minimum absolute atomic E-state index is 0.368. The van der Waals surface area contributed by atoms with Crippen LogP contribution in [0.3, 0.4) is 0 Å². The summed E-state index contributed by atoms with van der Waals surface area (Å²) in [7, 11) is 0. The molecule has 0 spiro atoms. The van der Waals surface area contributed by atoms with E-state index in [1.165, 1.54) is 25.7 Å². The van der Waals surface area contributed by atoms with Crippen molar-refractivity contribution in [1.82, 2.24) is 4.90 Å². The van der Waals surface area contributed by atoms with E-state index in [2.05, 4.69) is 18.7 Å². The molecular weight excluding hydrogens is 236 g/mol. The van der Waals surface area contributed by atoms with Crippen LogP contribution in [0.15, 0.2) is 0 Å². The van der Waals surface area contributed by atoms with Gasteiger partial charge in [0.15, 0.2) is 0 Å². The topological polar surface area (TPSA) is 46.3 Å². The number of nitrogens with zero attached hydrogens (tertiary/aromatic N) is 1. The summed E-state index contributed by atoms with van der Waals surface area (Å²) in [6, 6.07) is 0. The molecule has 1 aliphatic heterocycles. The first-order valence-corrected chi connectivity index (χ1v) is 8.19. The molecular formula is C16H32N2O. The predicted molar refractivity (Wildman–Crippen MR) is 80.9 cm³/mol. The van der Waals surface area contributed by atoms with E-state index in [-0.39, 0.29) is 0 Å². The number of nitrogens with two attached hydrogens (primary N) is 1. The first-order valence-electron chi connectivity index (χ1n) is 8.19. The fourth-order valence-electron chi connectivity index (χ4n) is 3.10. The van der Waals surface area contributed by atoms with Gasteiger partial charge in [-0.05, 0) is 50.5 Å². The second-order valence-corrected chi connectivity index (χ2v) is 5.98. The van der Waals surface area contributed by atoms with Gasteiger partial charge in [-0.15, -0.1) is 0 Å². The molecule has 2 N–H and O–H groups in total. The summed E-state index contributed by atoms with van der Waals surface area (Å²) in [6.45, 7) is 7.16. The van der Waals surface area contributed by atoms with Crippen molar-refractivity contribution in [1.29, 1.82) is 0 Å². The summed E-state index contributed by atoms with van der Waals surface area (Å²) in [6.07, 6.45) is 8.87. The molecule has 0 aromatic rings. The van der Waals surface area contributed by atoms with Crippen LogP contribution < -0.4 is 5.73 Å². The molecule has 112 valence electrons. The normalized spacial score (nSPS) is 22.1. The molecule has 0 bridgehead atoms. The standard InChI is InChI=1S/C16H32N2O/c1-3-14-6-5-12-18(13-10-14)16(19)8-7-15(4-2)9-11-17/h14-15H,3-13,17H2,1-2H3. The van der Waals surface area contributed by atoms with Gasteiger partial charge in [-0.3, -0.25) is 4.79 Å². The third kappa shape index (κ3) is 5.94. The van der Waals surface area contributed by atoms with Crippen LogP contribution in [0.5, 0.6) is 0 Å². The van der Waals surface area contributed by atoms with Crippen LogP contribution in [0, 0.1) is 11.8 Å². The fourth-order valence-corrected chi connectivity index (χ4v) is 3.10. The number of carbonyl (C=O) groups is 1. The number of hydrogen-bond acceptors (Lipinski definition) is 2. The van der Waals surface area contributed by atoms with Gasteiger partial charge < -0.3 is 10.6 Å². The van der Waals surface area contributed by atoms with E-state index in [1.807, 2.05) is 0 Å². The van der Waals surface area contributed by atoms with E-state index >= 15 is 0 Å². The van der Waals surface area contributed by atoms with Gasteiger partial charge in [0.05, 0.1) is 0 Å². The van der Waals surface area contributed by atoms with Crippen LogP contribution in [-0.2, 0) is 4.79 Å². The number of hydrogen-bond donors (Lipinski definition) is 1. The van der Waals surface area contributed by atoms with Crippen LogP contribution in [0.25, 0.3) is 0 Å². The first kappa shape index (κ1) is 16.5. The number of likely N-dealkylation sites (tertiary alicyclic amines) is 1. The Hall–Kier alpha value is -0.570. The van der Waals surface area contributed by atoms with Gasteiger partial charge >= 0.3 is 0 Å². The Bertz CT molecular complexity index is 255. The monoisotopic (exact) mass is 268 g/mol. The minimum Gasteiger partial charge on any atom is -0.343 e. The highest BCUT2D eigenvalue weighted by Crippen LogP contribution is 2.22. The van der Waals surface area contributed by atoms with E-state index in [9.17, 15) is 4.79 Å². The highest BCUT2D eigenvalue weighted by atomic mass is 16.2. The van der Waals surface area contributed by atoms with Crippen LogP contribution in [0.1, 0.15) is 65.2 Å². The maximum absolute atomic E-state index is 12.3. The maximum atomic E-state index is 12.3. The minimum atomic E-state index is 0.368. The average Bonchev–Trinajstić information content (AvgIpc) is 2.68. The zero-order valence-electron chi connectivity index (χ0n) is 12.9. The molecule has 1 rings (SSSR count). The van der Waals surface area contributed by atoms with Crippen molar-refractivity contribution in [2.75, 3.05) is 19.6 Å². The molecule has 2 unspecified atom stereocenters. The van der Waals surface area contributed by atoms with Crippen LogP contribution in [0.2, 0.25) is 0 Å². The van der Waals surface area contributed by atoms with Crippen molar-refractivity contribution in [2.45, 2.75) is 65.2 Å². The third-order valence-electron chi connectivity index (χ3n) is 4.70. The summed E-state index contributed by atoms with van der Waals surface area (Å²) < 4.78 is 0. The molecule has 1 amide bonds. The smallest absolute Gasteiger partial charge is 0.222 e. The lowest BCUT2D eigenvalue weighted by Crippen LogP contribution is -2.32. The highest BCUT2D eigenvalue weighted by Gasteiger charge is 2.20. The van der Waals surface area contributed by atoms with Crippen molar-refractivity contribution >= 4 is 5.91 Å². The molecule has 1 saturated heterocycles. The summed E-state index contributed by atoms with van der Waals surface area (Å²) in [4.78, 5) is 14.4. The van der Waals surface area contributed by atoms with Gasteiger partial charge in [0.2, 0.25) is 5.91 Å². The Morgan fingerprint density at radius 1 is 1.26 bits per heavy atom. The Kier molecular flexibility index (Phi) is 8.11. The molecule has 0 radical (unpaired) electrons. The number of amides is 1. The van der Waals surface area contributed by atoms with Crippen molar-refractivity contribution in [2.24, 2.45) is 17.6 Å². The average molecular weight is 268 g/mol. The molecule has 3 heteroatoms. The molecule has 1 aliphatic rings. The van der Waals surface area contributed by atoms with Gasteiger partial charge in [0.25, 0.3) is 0 Å². The summed E-state index contributed by atoms with van der Waals surface area (Å²) >= 11 is 0. The van der Waals surface area contributed by atoms with Crippen LogP contribution in [-0.4, -0.2) is 30.4 Å². The van der Waals surface area contributed by atoms with Crippen LogP contribution >= 0.6 is 0 Å². The van der Waals surface area contributed by atoms with E-state index in [1.54, 1.807) is 0 Å². The van der Waals surface area contributed by atoms with Gasteiger partial charge in [0, 0.05) is 19.5 Å². The molecule has 1 fully saturated rings. The summed E-state index contributed by atoms with van der Waals surface area (Å²) in [5.41, 5.74) is 5.61. The lowest BCUT2D eigenvalue weighted by molar-refractivity contribution is -0.131. The largest absolute Gasteiger partial charge is 0.343 e. The van der Waals surface area contributed by atoms with E-state index in [0.717, 1.165) is 51.2 Å². The van der Waals surface area contributed by atoms with Crippen molar-refractivity contribution in [3.63, 3.8) is 0 Å². The van der Waals surface area contributed by atoms with E-state index < -0.39 is 0 Å². The Morgan fingerprint density at radius 2 is 2.05 bits per heavy atom. The Labute approximate surface area is 118 Å². The van der Waals surface area contributed by atoms with Crippen molar-refractivity contribution in [3.8, 4) is 0 Å². The summed E-state index contributed by atoms with van der Waals surface area (Å²) in [5, 5.41) is 0. The first-order chi connectivity index (χ1) is 9.21. The predicted octanol–water partition coefficient (Wildman–Crippen LogP) is 3.18. The van der Waals surface area contributed by atoms with Gasteiger partial charge in [0.1, 0.15) is 0 Å². The van der Waals surface area contributed by atoms with Gasteiger partial charge in [-0.1, -0.05) is 26.7 Å². The SMILES string of the molecule is CCC(CCN)CCC(=O)N1CCCC(CC)CC1. The molecule has 2 atom stereocenters. The lowest BCUT2D eigenvalue weighted by atomic mass is 9.96.